The molecule has 4 heteroatoms. The molecule has 0 amide bonds. The van der Waals surface area contributed by atoms with Crippen LogP contribution >= 0.6 is 0 Å². The number of para-hydroxylation sites is 3. The molecule has 0 N–H and O–H groups in total. The van der Waals surface area contributed by atoms with Crippen LogP contribution in [0.5, 0.6) is 0 Å². The maximum Gasteiger partial charge on any atom is 0.138 e. The fourth-order valence-electron chi connectivity index (χ4n) is 6.52. The lowest BCUT2D eigenvalue weighted by molar-refractivity contribution is 1.08. The van der Waals surface area contributed by atoms with Gasteiger partial charge in [0.15, 0.2) is 0 Å². The fraction of sp³-hybridized carbons (Fsp3) is 0. The molecular formula is C36H22N4. The van der Waals surface area contributed by atoms with Gasteiger partial charge in [-0.3, -0.25) is 9.55 Å². The summed E-state index contributed by atoms with van der Waals surface area (Å²) in [5.74, 6) is 0.894. The third kappa shape index (κ3) is 2.85. The van der Waals surface area contributed by atoms with Crippen molar-refractivity contribution in [2.75, 3.05) is 0 Å². The average molecular weight is 511 g/mol. The molecule has 0 bridgehead atoms. The molecule has 186 valence electrons. The summed E-state index contributed by atoms with van der Waals surface area (Å²) in [7, 11) is 0. The van der Waals surface area contributed by atoms with Gasteiger partial charge in [-0.2, -0.15) is 0 Å². The van der Waals surface area contributed by atoms with Gasteiger partial charge in [0.1, 0.15) is 5.82 Å². The normalized spacial score (nSPS) is 12.0. The van der Waals surface area contributed by atoms with E-state index >= 15 is 0 Å². The Morgan fingerprint density at radius 3 is 2.10 bits per heavy atom. The molecular weight excluding hydrogens is 488 g/mol. The number of pyridine rings is 3. The zero-order valence-electron chi connectivity index (χ0n) is 21.5. The van der Waals surface area contributed by atoms with Crippen LogP contribution in [-0.4, -0.2) is 18.9 Å². The second-order valence-corrected chi connectivity index (χ2v) is 10.3. The molecule has 0 saturated carbocycles. The van der Waals surface area contributed by atoms with E-state index in [-0.39, 0.29) is 0 Å². The molecule has 40 heavy (non-hydrogen) atoms. The van der Waals surface area contributed by atoms with Crippen molar-refractivity contribution in [3.8, 4) is 17.1 Å². The molecule has 0 atom stereocenters. The van der Waals surface area contributed by atoms with Gasteiger partial charge in [-0.1, -0.05) is 66.7 Å². The van der Waals surface area contributed by atoms with Crippen molar-refractivity contribution in [2.24, 2.45) is 0 Å². The zero-order chi connectivity index (χ0) is 26.2. The van der Waals surface area contributed by atoms with Crippen molar-refractivity contribution in [1.82, 2.24) is 18.9 Å². The number of hydrogen-bond acceptors (Lipinski definition) is 2. The summed E-state index contributed by atoms with van der Waals surface area (Å²) in [5.41, 5.74) is 7.88. The summed E-state index contributed by atoms with van der Waals surface area (Å²) < 4.78 is 4.72. The fourth-order valence-corrected chi connectivity index (χ4v) is 6.52. The first-order valence-corrected chi connectivity index (χ1v) is 13.5. The van der Waals surface area contributed by atoms with Crippen molar-refractivity contribution in [1.29, 1.82) is 0 Å². The summed E-state index contributed by atoms with van der Waals surface area (Å²) >= 11 is 0. The highest BCUT2D eigenvalue weighted by Crippen LogP contribution is 2.42. The van der Waals surface area contributed by atoms with E-state index in [0.717, 1.165) is 28.1 Å². The van der Waals surface area contributed by atoms with Crippen LogP contribution in [0.15, 0.2) is 134 Å². The van der Waals surface area contributed by atoms with Crippen LogP contribution in [0, 0.1) is 0 Å². The van der Waals surface area contributed by atoms with Crippen LogP contribution in [0.4, 0.5) is 0 Å². The van der Waals surface area contributed by atoms with Gasteiger partial charge in [0.2, 0.25) is 0 Å². The van der Waals surface area contributed by atoms with Crippen molar-refractivity contribution in [3.63, 3.8) is 0 Å². The summed E-state index contributed by atoms with van der Waals surface area (Å²) in [6.45, 7) is 0. The highest BCUT2D eigenvalue weighted by atomic mass is 15.1. The number of benzene rings is 4. The van der Waals surface area contributed by atoms with Gasteiger partial charge in [-0.05, 0) is 54.6 Å². The minimum Gasteiger partial charge on any atom is -0.309 e. The standard InChI is InChI=1S/C36H22N4/c1-4-14-29-23(9-1)21-33-27-18-19-32-36(35(27)25-11-2-5-15-30(25)39(29)33)26-12-3-6-16-31(26)40(32)34-17-7-13-28(38-34)24-10-8-20-37-22-24/h1-22H. The van der Waals surface area contributed by atoms with E-state index in [9.17, 15) is 0 Å². The third-order valence-electron chi connectivity index (χ3n) is 8.16. The largest absolute Gasteiger partial charge is 0.309 e. The Hall–Kier alpha value is -5.48. The Morgan fingerprint density at radius 1 is 0.500 bits per heavy atom. The van der Waals surface area contributed by atoms with Gasteiger partial charge in [0.05, 0.1) is 33.3 Å². The lowest BCUT2D eigenvalue weighted by atomic mass is 9.99. The molecule has 4 aromatic carbocycles. The summed E-state index contributed by atoms with van der Waals surface area (Å²) in [5, 5.41) is 7.51. The molecule has 0 fully saturated rings. The monoisotopic (exact) mass is 510 g/mol. The topological polar surface area (TPSA) is 35.1 Å². The zero-order valence-corrected chi connectivity index (χ0v) is 21.5. The Balaban J connectivity index is 1.47. The molecule has 5 aromatic heterocycles. The predicted octanol–water partition coefficient (Wildman–Crippen LogP) is 8.95. The molecule has 0 aliphatic heterocycles. The SMILES string of the molecule is c1cncc(-c2cccc(-n3c4ccccc4c4c5c6ccccc6n6c7ccccc7cc6c5ccc43)n2)c1. The number of fused-ring (bicyclic) bond motifs is 12. The predicted molar refractivity (Wildman–Crippen MR) is 165 cm³/mol. The van der Waals surface area contributed by atoms with Crippen LogP contribution in [0.1, 0.15) is 0 Å². The Labute approximate surface area is 229 Å². The van der Waals surface area contributed by atoms with Gasteiger partial charge in [-0.15, -0.1) is 0 Å². The maximum absolute atomic E-state index is 5.13. The summed E-state index contributed by atoms with van der Waals surface area (Å²) in [4.78, 5) is 9.43. The van der Waals surface area contributed by atoms with E-state index in [1.54, 1.807) is 6.20 Å². The van der Waals surface area contributed by atoms with Crippen LogP contribution in [0.2, 0.25) is 0 Å². The molecule has 5 heterocycles. The highest BCUT2D eigenvalue weighted by Gasteiger charge is 2.20. The van der Waals surface area contributed by atoms with Crippen LogP contribution in [0.25, 0.3) is 77.0 Å². The molecule has 0 aliphatic carbocycles. The number of aromatic nitrogens is 4. The second-order valence-electron chi connectivity index (χ2n) is 10.3. The molecule has 0 saturated heterocycles. The molecule has 9 rings (SSSR count). The van der Waals surface area contributed by atoms with Gasteiger partial charge >= 0.3 is 0 Å². The van der Waals surface area contributed by atoms with E-state index in [1.807, 2.05) is 18.3 Å². The second kappa shape index (κ2) is 8.01. The van der Waals surface area contributed by atoms with Gasteiger partial charge < -0.3 is 4.40 Å². The molecule has 0 aliphatic rings. The van der Waals surface area contributed by atoms with E-state index in [1.165, 1.54) is 48.9 Å². The quantitative estimate of drug-likeness (QED) is 0.218. The van der Waals surface area contributed by atoms with E-state index in [0.29, 0.717) is 0 Å². The summed E-state index contributed by atoms with van der Waals surface area (Å²) in [6.07, 6.45) is 3.66. The van der Waals surface area contributed by atoms with E-state index in [4.69, 9.17) is 4.98 Å². The molecule has 0 spiro atoms. The van der Waals surface area contributed by atoms with Gasteiger partial charge in [-0.25, -0.2) is 4.98 Å². The van der Waals surface area contributed by atoms with Crippen molar-refractivity contribution >= 4 is 59.9 Å². The summed E-state index contributed by atoms with van der Waals surface area (Å²) in [6, 6.07) is 43.2. The minimum absolute atomic E-state index is 0.894. The number of hydrogen-bond donors (Lipinski definition) is 0. The van der Waals surface area contributed by atoms with Crippen molar-refractivity contribution in [3.05, 3.63) is 134 Å². The first-order chi connectivity index (χ1) is 19.9. The van der Waals surface area contributed by atoms with Crippen molar-refractivity contribution in [2.45, 2.75) is 0 Å². The Kier molecular flexibility index (Phi) is 4.30. The smallest absolute Gasteiger partial charge is 0.138 e. The maximum atomic E-state index is 5.13. The van der Waals surface area contributed by atoms with Gasteiger partial charge in [0, 0.05) is 50.3 Å². The van der Waals surface area contributed by atoms with Crippen molar-refractivity contribution < 1.29 is 0 Å². The van der Waals surface area contributed by atoms with Crippen LogP contribution < -0.4 is 0 Å². The van der Waals surface area contributed by atoms with E-state index < -0.39 is 0 Å². The third-order valence-corrected chi connectivity index (χ3v) is 8.16. The number of rotatable bonds is 2. The van der Waals surface area contributed by atoms with Gasteiger partial charge in [0.25, 0.3) is 0 Å². The Morgan fingerprint density at radius 2 is 1.25 bits per heavy atom. The molecule has 0 unspecified atom stereocenters. The Bertz CT molecular complexity index is 2430. The number of nitrogens with zero attached hydrogens (tertiary/aromatic N) is 4. The van der Waals surface area contributed by atoms with Crippen LogP contribution in [-0.2, 0) is 0 Å². The lowest BCUT2D eigenvalue weighted by Crippen LogP contribution is -1.98. The first-order valence-electron chi connectivity index (χ1n) is 13.5. The molecule has 4 nitrogen and oxygen atoms in total. The first kappa shape index (κ1) is 21.5. The molecule has 9 aromatic rings. The highest BCUT2D eigenvalue weighted by molar-refractivity contribution is 6.31. The average Bonchev–Trinajstić information content (AvgIpc) is 3.58. The minimum atomic E-state index is 0.894. The molecule has 0 radical (unpaired) electrons. The lowest BCUT2D eigenvalue weighted by Gasteiger charge is -2.12. The van der Waals surface area contributed by atoms with Crippen LogP contribution in [0.3, 0.4) is 0 Å². The van der Waals surface area contributed by atoms with E-state index in [2.05, 4.69) is 123 Å².